The summed E-state index contributed by atoms with van der Waals surface area (Å²) in [6.07, 6.45) is 6.79. The molecule has 0 bridgehead atoms. The first-order chi connectivity index (χ1) is 9.66. The highest BCUT2D eigenvalue weighted by atomic mass is 32.2. The van der Waals surface area contributed by atoms with Crippen molar-refractivity contribution in [3.05, 3.63) is 0 Å². The second-order valence-corrected chi connectivity index (χ2v) is 8.08. The van der Waals surface area contributed by atoms with Gasteiger partial charge in [0.1, 0.15) is 15.5 Å². The molecule has 128 valence electrons. The molecular formula is C15H34N2O3S. The van der Waals surface area contributed by atoms with Gasteiger partial charge >= 0.3 is 0 Å². The molecule has 0 aromatic rings. The fourth-order valence-corrected chi connectivity index (χ4v) is 3.81. The number of unbranched alkanes of at least 4 members (excludes halogenated alkanes) is 1. The van der Waals surface area contributed by atoms with Crippen LogP contribution in [0.15, 0.2) is 0 Å². The molecule has 0 radical (unpaired) electrons. The van der Waals surface area contributed by atoms with Crippen molar-refractivity contribution in [1.82, 2.24) is 4.90 Å². The van der Waals surface area contributed by atoms with Crippen molar-refractivity contribution in [2.24, 2.45) is 0 Å². The molecule has 1 heterocycles. The van der Waals surface area contributed by atoms with Crippen LogP contribution in [-0.2, 0) is 10.1 Å². The maximum atomic E-state index is 10.6. The van der Waals surface area contributed by atoms with Gasteiger partial charge < -0.3 is 9.04 Å². The van der Waals surface area contributed by atoms with Crippen molar-refractivity contribution in [3.8, 4) is 0 Å². The zero-order valence-corrected chi connectivity index (χ0v) is 15.3. The molecule has 1 atom stereocenters. The molecule has 0 N–H and O–H groups in total. The fourth-order valence-electron chi connectivity index (χ4n) is 2.77. The van der Waals surface area contributed by atoms with E-state index in [1.807, 2.05) is 6.92 Å². The maximum absolute atomic E-state index is 10.6. The van der Waals surface area contributed by atoms with Crippen LogP contribution in [0, 0.1) is 0 Å². The zero-order valence-electron chi connectivity index (χ0n) is 14.5. The van der Waals surface area contributed by atoms with Crippen LogP contribution in [0.4, 0.5) is 0 Å². The fraction of sp³-hybridized carbons (Fsp3) is 1.00. The minimum absolute atomic E-state index is 0.402. The van der Waals surface area contributed by atoms with Gasteiger partial charge in [-0.05, 0) is 26.9 Å². The predicted octanol–water partition coefficient (Wildman–Crippen LogP) is 2.25. The summed E-state index contributed by atoms with van der Waals surface area (Å²) in [5.74, 6) is 0. The summed E-state index contributed by atoms with van der Waals surface area (Å²) in [5, 5.41) is -0.868. The number of rotatable bonds is 7. The summed E-state index contributed by atoms with van der Waals surface area (Å²) in [4.78, 5) is 1.44. The summed E-state index contributed by atoms with van der Waals surface area (Å²) < 4.78 is 33.1. The number of hydrogen-bond acceptors (Lipinski definition) is 4. The van der Waals surface area contributed by atoms with Gasteiger partial charge in [-0.1, -0.05) is 26.7 Å². The molecule has 5 nitrogen and oxygen atoms in total. The van der Waals surface area contributed by atoms with Crippen molar-refractivity contribution < 1.29 is 17.5 Å². The third-order valence-corrected chi connectivity index (χ3v) is 5.47. The molecule has 0 spiro atoms. The second-order valence-electron chi connectivity index (χ2n) is 6.55. The molecule has 0 amide bonds. The van der Waals surface area contributed by atoms with Crippen molar-refractivity contribution in [1.29, 1.82) is 0 Å². The summed E-state index contributed by atoms with van der Waals surface area (Å²) in [6, 6.07) is 0. The lowest BCUT2D eigenvalue weighted by Crippen LogP contribution is -2.41. The minimum atomic E-state index is -4.15. The van der Waals surface area contributed by atoms with Gasteiger partial charge in [-0.2, -0.15) is 0 Å². The highest BCUT2D eigenvalue weighted by Gasteiger charge is 2.25. The molecule has 1 aliphatic heterocycles. The van der Waals surface area contributed by atoms with Gasteiger partial charge in [-0.15, -0.1) is 0 Å². The van der Waals surface area contributed by atoms with Gasteiger partial charge in [-0.3, -0.25) is 4.90 Å². The first-order valence-electron chi connectivity index (χ1n) is 8.11. The summed E-state index contributed by atoms with van der Waals surface area (Å²) in [5.41, 5.74) is 0. The Kier molecular flexibility index (Phi) is 9.69. The molecule has 0 aromatic carbocycles. The second kappa shape index (κ2) is 9.77. The molecule has 0 saturated carbocycles. The lowest BCUT2D eigenvalue weighted by molar-refractivity contribution is -0.897. The van der Waals surface area contributed by atoms with Crippen molar-refractivity contribution in [2.75, 3.05) is 40.8 Å². The van der Waals surface area contributed by atoms with Crippen molar-refractivity contribution in [3.63, 3.8) is 0 Å². The van der Waals surface area contributed by atoms with Crippen LogP contribution in [0.1, 0.15) is 52.4 Å². The summed E-state index contributed by atoms with van der Waals surface area (Å²) in [7, 11) is 1.44. The molecule has 1 saturated heterocycles. The summed E-state index contributed by atoms with van der Waals surface area (Å²) in [6.45, 7) is 8.40. The Labute approximate surface area is 131 Å². The topological polar surface area (TPSA) is 60.4 Å². The Morgan fingerprint density at radius 3 is 1.95 bits per heavy atom. The van der Waals surface area contributed by atoms with Gasteiger partial charge in [0.05, 0.1) is 26.7 Å². The molecule has 1 aliphatic rings. The number of quaternary nitrogens is 1. The molecule has 0 aliphatic carbocycles. The third-order valence-electron chi connectivity index (χ3n) is 4.14. The van der Waals surface area contributed by atoms with Gasteiger partial charge in [0, 0.05) is 12.8 Å². The number of likely N-dealkylation sites (tertiary alicyclic amines) is 1. The van der Waals surface area contributed by atoms with E-state index in [4.69, 9.17) is 0 Å². The third kappa shape index (κ3) is 8.76. The minimum Gasteiger partial charge on any atom is -0.747 e. The lowest BCUT2D eigenvalue weighted by atomic mass is 10.3. The van der Waals surface area contributed by atoms with E-state index in [1.165, 1.54) is 54.7 Å². The van der Waals surface area contributed by atoms with Gasteiger partial charge in [0.15, 0.2) is 0 Å². The van der Waals surface area contributed by atoms with E-state index in [1.54, 1.807) is 14.1 Å². The highest BCUT2D eigenvalue weighted by Crippen LogP contribution is 2.16. The monoisotopic (exact) mass is 322 g/mol. The van der Waals surface area contributed by atoms with E-state index in [0.29, 0.717) is 12.8 Å². The van der Waals surface area contributed by atoms with Crippen LogP contribution in [0.25, 0.3) is 0 Å². The number of nitrogens with zero attached hydrogens (tertiary/aromatic N) is 2. The Morgan fingerprint density at radius 1 is 1.14 bits per heavy atom. The van der Waals surface area contributed by atoms with Gasteiger partial charge in [0.2, 0.25) is 0 Å². The smallest absolute Gasteiger partial charge is 0.111 e. The molecule has 1 fully saturated rings. The van der Waals surface area contributed by atoms with Crippen LogP contribution in [0.5, 0.6) is 0 Å². The van der Waals surface area contributed by atoms with Crippen LogP contribution in [-0.4, -0.2) is 68.5 Å². The van der Waals surface area contributed by atoms with E-state index in [9.17, 15) is 13.0 Å². The van der Waals surface area contributed by atoms with Gasteiger partial charge in [0.25, 0.3) is 0 Å². The molecule has 6 heteroatoms. The highest BCUT2D eigenvalue weighted by molar-refractivity contribution is 7.86. The largest absolute Gasteiger partial charge is 0.747 e. The van der Waals surface area contributed by atoms with E-state index in [0.717, 1.165) is 0 Å². The van der Waals surface area contributed by atoms with Crippen molar-refractivity contribution in [2.45, 2.75) is 57.7 Å². The standard InChI is InChI=1S/C9H20N.C6H15NO3S/c1-3-4-7-10(2)8-5-6-9-10;1-4-5-6(7(2)3)11(8,9)10/h3-9H2,1-2H3;6H,4-5H2,1-3H3,(H,8,9,10)/q+1;/p-1. The van der Waals surface area contributed by atoms with Crippen LogP contribution in [0.2, 0.25) is 0 Å². The lowest BCUT2D eigenvalue weighted by Gasteiger charge is -2.28. The SMILES string of the molecule is CCCC(N(C)C)S(=O)(=O)[O-].CCCC[N+]1(C)CCCC1. The quantitative estimate of drug-likeness (QED) is 0.533. The normalized spacial score (nSPS) is 19.2. The average molecular weight is 323 g/mol. The molecule has 0 aromatic heterocycles. The van der Waals surface area contributed by atoms with Crippen LogP contribution < -0.4 is 0 Å². The Bertz CT molecular complexity index is 363. The van der Waals surface area contributed by atoms with Crippen LogP contribution >= 0.6 is 0 Å². The van der Waals surface area contributed by atoms with Crippen LogP contribution in [0.3, 0.4) is 0 Å². The molecule has 1 rings (SSSR count). The first-order valence-corrected chi connectivity index (χ1v) is 9.58. The van der Waals surface area contributed by atoms with E-state index in [-0.39, 0.29) is 0 Å². The van der Waals surface area contributed by atoms with E-state index < -0.39 is 15.5 Å². The van der Waals surface area contributed by atoms with E-state index in [2.05, 4.69) is 14.0 Å². The van der Waals surface area contributed by atoms with E-state index >= 15 is 0 Å². The predicted molar refractivity (Wildman–Crippen MR) is 87.0 cm³/mol. The van der Waals surface area contributed by atoms with Crippen molar-refractivity contribution >= 4 is 10.1 Å². The zero-order chi connectivity index (χ0) is 16.5. The Hall–Kier alpha value is -0.170. The first kappa shape index (κ1) is 20.8. The van der Waals surface area contributed by atoms with Gasteiger partial charge in [-0.25, -0.2) is 8.42 Å². The molecular weight excluding hydrogens is 288 g/mol. The summed E-state index contributed by atoms with van der Waals surface area (Å²) >= 11 is 0. The Morgan fingerprint density at radius 2 is 1.67 bits per heavy atom. The molecule has 21 heavy (non-hydrogen) atoms. The Balaban J connectivity index is 0.000000382. The average Bonchev–Trinajstić information content (AvgIpc) is 2.80. The maximum Gasteiger partial charge on any atom is 0.111 e. The number of hydrogen-bond donors (Lipinski definition) is 0. The molecule has 1 unspecified atom stereocenters.